The Hall–Kier alpha value is -1.57. The first-order valence-electron chi connectivity index (χ1n) is 5.09. The molecule has 0 heterocycles. The van der Waals surface area contributed by atoms with E-state index in [0.717, 1.165) is 24.0 Å². The molecule has 0 aliphatic heterocycles. The third kappa shape index (κ3) is 1.94. The van der Waals surface area contributed by atoms with Crippen molar-refractivity contribution in [2.45, 2.75) is 19.8 Å². The highest BCUT2D eigenvalue weighted by Crippen LogP contribution is 2.25. The standard InChI is InChI=1S/C13H14O2/c1-9-3-4-11-8-12(13(14)15-2)6-5-10(11)7-9/h3-4,7-8H,5-6H2,1-2H3. The lowest BCUT2D eigenvalue weighted by Crippen LogP contribution is -2.09. The Morgan fingerprint density at radius 2 is 2.13 bits per heavy atom. The minimum atomic E-state index is -0.207. The molecule has 0 N–H and O–H groups in total. The number of methoxy groups -OCH3 is 1. The van der Waals surface area contributed by atoms with Gasteiger partial charge in [0.25, 0.3) is 0 Å². The summed E-state index contributed by atoms with van der Waals surface area (Å²) in [5, 5.41) is 0. The largest absolute Gasteiger partial charge is 0.466 e. The van der Waals surface area contributed by atoms with E-state index in [1.807, 2.05) is 6.08 Å². The van der Waals surface area contributed by atoms with Gasteiger partial charge in [0, 0.05) is 5.57 Å². The Labute approximate surface area is 89.6 Å². The number of fused-ring (bicyclic) bond motifs is 1. The van der Waals surface area contributed by atoms with Gasteiger partial charge in [0.05, 0.1) is 7.11 Å². The van der Waals surface area contributed by atoms with E-state index in [1.165, 1.54) is 18.2 Å². The fourth-order valence-corrected chi connectivity index (χ4v) is 1.91. The van der Waals surface area contributed by atoms with E-state index < -0.39 is 0 Å². The second kappa shape index (κ2) is 3.89. The number of carbonyl (C=O) groups excluding carboxylic acids is 1. The fraction of sp³-hybridized carbons (Fsp3) is 0.308. The fourth-order valence-electron chi connectivity index (χ4n) is 1.91. The van der Waals surface area contributed by atoms with Crippen molar-refractivity contribution in [1.82, 2.24) is 0 Å². The lowest BCUT2D eigenvalue weighted by Gasteiger charge is -2.15. The van der Waals surface area contributed by atoms with Gasteiger partial charge >= 0.3 is 5.97 Å². The molecule has 2 nitrogen and oxygen atoms in total. The number of rotatable bonds is 1. The number of hydrogen-bond donors (Lipinski definition) is 0. The van der Waals surface area contributed by atoms with E-state index in [0.29, 0.717) is 0 Å². The third-order valence-corrected chi connectivity index (χ3v) is 2.74. The van der Waals surface area contributed by atoms with Crippen LogP contribution in [0.1, 0.15) is 23.1 Å². The number of hydrogen-bond acceptors (Lipinski definition) is 2. The predicted octanol–water partition coefficient (Wildman–Crippen LogP) is 2.50. The van der Waals surface area contributed by atoms with Crippen LogP contribution in [0.2, 0.25) is 0 Å². The molecule has 0 amide bonds. The smallest absolute Gasteiger partial charge is 0.333 e. The monoisotopic (exact) mass is 202 g/mol. The quantitative estimate of drug-likeness (QED) is 0.654. The summed E-state index contributed by atoms with van der Waals surface area (Å²) in [7, 11) is 1.42. The molecule has 2 heteroatoms. The first kappa shape index (κ1) is 9.97. The van der Waals surface area contributed by atoms with Gasteiger partial charge in [-0.1, -0.05) is 23.8 Å². The van der Waals surface area contributed by atoms with Crippen LogP contribution in [0.15, 0.2) is 23.8 Å². The van der Waals surface area contributed by atoms with Crippen molar-refractivity contribution >= 4 is 12.0 Å². The molecule has 0 atom stereocenters. The van der Waals surface area contributed by atoms with Crippen molar-refractivity contribution in [1.29, 1.82) is 0 Å². The first-order chi connectivity index (χ1) is 7.20. The van der Waals surface area contributed by atoms with E-state index in [1.54, 1.807) is 0 Å². The number of benzene rings is 1. The second-order valence-corrected chi connectivity index (χ2v) is 3.86. The summed E-state index contributed by atoms with van der Waals surface area (Å²) in [6, 6.07) is 6.31. The van der Waals surface area contributed by atoms with Gasteiger partial charge in [-0.05, 0) is 37.0 Å². The van der Waals surface area contributed by atoms with Crippen LogP contribution in [0.25, 0.3) is 6.08 Å². The molecule has 0 radical (unpaired) electrons. The summed E-state index contributed by atoms with van der Waals surface area (Å²) in [5.74, 6) is -0.207. The number of aryl methyl sites for hydroxylation is 2. The van der Waals surface area contributed by atoms with Gasteiger partial charge in [-0.15, -0.1) is 0 Å². The third-order valence-electron chi connectivity index (χ3n) is 2.74. The van der Waals surface area contributed by atoms with Gasteiger partial charge in [-0.2, -0.15) is 0 Å². The van der Waals surface area contributed by atoms with E-state index in [2.05, 4.69) is 25.1 Å². The molecule has 0 bridgehead atoms. The van der Waals surface area contributed by atoms with Crippen molar-refractivity contribution in [3.8, 4) is 0 Å². The zero-order valence-electron chi connectivity index (χ0n) is 9.04. The number of ether oxygens (including phenoxy) is 1. The second-order valence-electron chi connectivity index (χ2n) is 3.86. The number of esters is 1. The predicted molar refractivity (Wildman–Crippen MR) is 59.5 cm³/mol. The van der Waals surface area contributed by atoms with Crippen LogP contribution in [0.4, 0.5) is 0 Å². The molecule has 1 aliphatic carbocycles. The molecule has 1 aliphatic rings. The van der Waals surface area contributed by atoms with Crippen molar-refractivity contribution in [2.75, 3.05) is 7.11 Å². The molecule has 0 unspecified atom stereocenters. The Kier molecular flexibility index (Phi) is 2.58. The average molecular weight is 202 g/mol. The van der Waals surface area contributed by atoms with Crippen LogP contribution < -0.4 is 0 Å². The zero-order valence-corrected chi connectivity index (χ0v) is 9.04. The molecule has 0 saturated carbocycles. The van der Waals surface area contributed by atoms with Crippen molar-refractivity contribution in [3.63, 3.8) is 0 Å². The maximum Gasteiger partial charge on any atom is 0.333 e. The first-order valence-corrected chi connectivity index (χ1v) is 5.09. The molecular formula is C13H14O2. The van der Waals surface area contributed by atoms with Crippen LogP contribution >= 0.6 is 0 Å². The summed E-state index contributed by atoms with van der Waals surface area (Å²) >= 11 is 0. The van der Waals surface area contributed by atoms with Gasteiger partial charge in [0.2, 0.25) is 0 Å². The van der Waals surface area contributed by atoms with Crippen molar-refractivity contribution in [2.24, 2.45) is 0 Å². The molecule has 2 rings (SSSR count). The van der Waals surface area contributed by atoms with E-state index in [9.17, 15) is 4.79 Å². The Bertz CT molecular complexity index is 430. The van der Waals surface area contributed by atoms with Gasteiger partial charge in [-0.25, -0.2) is 4.79 Å². The van der Waals surface area contributed by atoms with Gasteiger partial charge in [0.1, 0.15) is 0 Å². The Balaban J connectivity index is 2.37. The molecule has 0 fully saturated rings. The highest BCUT2D eigenvalue weighted by Gasteiger charge is 2.16. The van der Waals surface area contributed by atoms with Gasteiger partial charge in [-0.3, -0.25) is 0 Å². The van der Waals surface area contributed by atoms with Crippen LogP contribution in [0.3, 0.4) is 0 Å². The van der Waals surface area contributed by atoms with E-state index in [4.69, 9.17) is 4.74 Å². The number of carbonyl (C=O) groups is 1. The topological polar surface area (TPSA) is 26.3 Å². The summed E-state index contributed by atoms with van der Waals surface area (Å²) in [4.78, 5) is 11.4. The molecule has 0 aromatic heterocycles. The molecule has 78 valence electrons. The molecule has 15 heavy (non-hydrogen) atoms. The minimum Gasteiger partial charge on any atom is -0.466 e. The van der Waals surface area contributed by atoms with Crippen LogP contribution in [0.5, 0.6) is 0 Å². The molecule has 0 spiro atoms. The van der Waals surface area contributed by atoms with Crippen LogP contribution in [-0.4, -0.2) is 13.1 Å². The Morgan fingerprint density at radius 3 is 2.87 bits per heavy atom. The van der Waals surface area contributed by atoms with E-state index in [-0.39, 0.29) is 5.97 Å². The molecule has 0 saturated heterocycles. The highest BCUT2D eigenvalue weighted by molar-refractivity contribution is 5.94. The summed E-state index contributed by atoms with van der Waals surface area (Å²) in [6.07, 6.45) is 3.64. The zero-order chi connectivity index (χ0) is 10.8. The van der Waals surface area contributed by atoms with Gasteiger partial charge < -0.3 is 4.74 Å². The van der Waals surface area contributed by atoms with E-state index >= 15 is 0 Å². The highest BCUT2D eigenvalue weighted by atomic mass is 16.5. The Morgan fingerprint density at radius 1 is 1.33 bits per heavy atom. The van der Waals surface area contributed by atoms with Gasteiger partial charge in [0.15, 0.2) is 0 Å². The SMILES string of the molecule is COC(=O)C1=Cc2ccc(C)cc2CC1. The maximum absolute atomic E-state index is 11.4. The molecule has 1 aromatic rings. The summed E-state index contributed by atoms with van der Waals surface area (Å²) in [5.41, 5.74) is 4.51. The van der Waals surface area contributed by atoms with Crippen LogP contribution in [-0.2, 0) is 16.0 Å². The minimum absolute atomic E-state index is 0.207. The van der Waals surface area contributed by atoms with Crippen molar-refractivity contribution in [3.05, 3.63) is 40.5 Å². The lowest BCUT2D eigenvalue weighted by molar-refractivity contribution is -0.136. The molecular weight excluding hydrogens is 188 g/mol. The average Bonchev–Trinajstić information content (AvgIpc) is 2.27. The lowest BCUT2D eigenvalue weighted by atomic mass is 9.91. The summed E-state index contributed by atoms with van der Waals surface area (Å²) in [6.45, 7) is 2.08. The maximum atomic E-state index is 11.4. The van der Waals surface area contributed by atoms with Crippen LogP contribution in [0, 0.1) is 6.92 Å². The molecule has 1 aromatic carbocycles. The van der Waals surface area contributed by atoms with Crippen molar-refractivity contribution < 1.29 is 9.53 Å². The summed E-state index contributed by atoms with van der Waals surface area (Å²) < 4.78 is 4.72. The normalized spacial score (nSPS) is 14.1.